The first kappa shape index (κ1) is 10.6. The fourth-order valence-corrected chi connectivity index (χ4v) is 0.789. The third-order valence-corrected chi connectivity index (χ3v) is 1.79. The second-order valence-corrected chi connectivity index (χ2v) is 3.51. The molecule has 1 aromatic rings. The maximum absolute atomic E-state index is 10.7. The van der Waals surface area contributed by atoms with Gasteiger partial charge >= 0.3 is 5.97 Å². The number of aryl methyl sites for hydroxylation is 1. The second-order valence-electron chi connectivity index (χ2n) is 3.51. The molecular weight excluding hydrogens is 186 g/mol. The minimum atomic E-state index is -0.992. The Morgan fingerprint density at radius 3 is 2.71 bits per heavy atom. The lowest BCUT2D eigenvalue weighted by Crippen LogP contribution is -2.46. The minimum absolute atomic E-state index is 0.274. The zero-order valence-corrected chi connectivity index (χ0v) is 8.37. The van der Waals surface area contributed by atoms with E-state index in [2.05, 4.69) is 15.5 Å². The summed E-state index contributed by atoms with van der Waals surface area (Å²) < 4.78 is 4.74. The van der Waals surface area contributed by atoms with Crippen LogP contribution in [0.3, 0.4) is 0 Å². The molecule has 0 saturated carbocycles. The van der Waals surface area contributed by atoms with Crippen molar-refractivity contribution in [3.05, 3.63) is 11.7 Å². The molecule has 1 heterocycles. The number of nitrogens with one attached hydrogen (secondary N) is 1. The van der Waals surface area contributed by atoms with Gasteiger partial charge < -0.3 is 9.63 Å². The van der Waals surface area contributed by atoms with Crippen LogP contribution in [0.15, 0.2) is 4.52 Å². The van der Waals surface area contributed by atoms with E-state index >= 15 is 0 Å². The van der Waals surface area contributed by atoms with E-state index in [-0.39, 0.29) is 6.54 Å². The smallest absolute Gasteiger partial charge is 0.323 e. The Morgan fingerprint density at radius 1 is 1.64 bits per heavy atom. The lowest BCUT2D eigenvalue weighted by Gasteiger charge is -2.19. The maximum atomic E-state index is 10.7. The monoisotopic (exact) mass is 199 g/mol. The summed E-state index contributed by atoms with van der Waals surface area (Å²) in [5.41, 5.74) is -0.992. The first-order valence-corrected chi connectivity index (χ1v) is 4.19. The number of aliphatic carboxylic acids is 1. The van der Waals surface area contributed by atoms with Gasteiger partial charge in [-0.25, -0.2) is 0 Å². The number of aromatic nitrogens is 2. The molecule has 0 atom stereocenters. The highest BCUT2D eigenvalue weighted by Crippen LogP contribution is 2.03. The van der Waals surface area contributed by atoms with E-state index in [1.165, 1.54) is 0 Å². The van der Waals surface area contributed by atoms with Gasteiger partial charge in [0, 0.05) is 6.92 Å². The molecule has 6 heteroatoms. The summed E-state index contributed by atoms with van der Waals surface area (Å²) >= 11 is 0. The Balaban J connectivity index is 2.52. The Morgan fingerprint density at radius 2 is 2.29 bits per heavy atom. The van der Waals surface area contributed by atoms with Crippen molar-refractivity contribution in [3.63, 3.8) is 0 Å². The second kappa shape index (κ2) is 3.75. The fourth-order valence-electron chi connectivity index (χ4n) is 0.789. The van der Waals surface area contributed by atoms with Crippen LogP contribution < -0.4 is 5.32 Å². The summed E-state index contributed by atoms with van der Waals surface area (Å²) in [6, 6.07) is 0. The number of carboxylic acid groups (broad SMARTS) is 1. The standard InChI is InChI=1S/C8H13N3O3/c1-5-10-6(11-14-5)4-9-8(2,3)7(12)13/h9H,4H2,1-3H3,(H,12,13). The Hall–Kier alpha value is -1.43. The van der Waals surface area contributed by atoms with Crippen LogP contribution in [0.25, 0.3) is 0 Å². The Kier molecular flexibility index (Phi) is 2.85. The summed E-state index contributed by atoms with van der Waals surface area (Å²) in [7, 11) is 0. The number of hydrogen-bond donors (Lipinski definition) is 2. The van der Waals surface area contributed by atoms with Gasteiger partial charge in [-0.2, -0.15) is 4.98 Å². The van der Waals surface area contributed by atoms with Crippen LogP contribution in [-0.4, -0.2) is 26.8 Å². The van der Waals surface area contributed by atoms with Crippen molar-refractivity contribution in [2.75, 3.05) is 0 Å². The molecule has 6 nitrogen and oxygen atoms in total. The number of carboxylic acids is 1. The van der Waals surface area contributed by atoms with Gasteiger partial charge in [-0.05, 0) is 13.8 Å². The lowest BCUT2D eigenvalue weighted by atomic mass is 10.1. The highest BCUT2D eigenvalue weighted by Gasteiger charge is 2.26. The van der Waals surface area contributed by atoms with Crippen molar-refractivity contribution >= 4 is 5.97 Å². The summed E-state index contributed by atoms with van der Waals surface area (Å²) in [5.74, 6) is 0.00414. The van der Waals surface area contributed by atoms with Gasteiger partial charge in [-0.3, -0.25) is 10.1 Å². The summed E-state index contributed by atoms with van der Waals surface area (Å²) in [5, 5.41) is 15.2. The predicted molar refractivity (Wildman–Crippen MR) is 47.6 cm³/mol. The lowest BCUT2D eigenvalue weighted by molar-refractivity contribution is -0.143. The summed E-state index contributed by atoms with van der Waals surface area (Å²) in [6.45, 7) is 5.10. The van der Waals surface area contributed by atoms with E-state index in [1.54, 1.807) is 20.8 Å². The first-order valence-electron chi connectivity index (χ1n) is 4.19. The van der Waals surface area contributed by atoms with E-state index in [0.29, 0.717) is 11.7 Å². The molecule has 0 aliphatic heterocycles. The average molecular weight is 199 g/mol. The zero-order valence-electron chi connectivity index (χ0n) is 8.37. The normalized spacial score (nSPS) is 11.6. The topological polar surface area (TPSA) is 88.2 Å². The first-order chi connectivity index (χ1) is 6.42. The van der Waals surface area contributed by atoms with Gasteiger partial charge in [0.25, 0.3) is 0 Å². The zero-order chi connectivity index (χ0) is 10.8. The van der Waals surface area contributed by atoms with Crippen LogP contribution in [0.2, 0.25) is 0 Å². The average Bonchev–Trinajstić information content (AvgIpc) is 2.48. The largest absolute Gasteiger partial charge is 0.480 e. The third-order valence-electron chi connectivity index (χ3n) is 1.79. The van der Waals surface area contributed by atoms with Crippen molar-refractivity contribution in [3.8, 4) is 0 Å². The van der Waals surface area contributed by atoms with Gasteiger partial charge in [-0.15, -0.1) is 0 Å². The molecule has 0 amide bonds. The molecule has 1 rings (SSSR count). The quantitative estimate of drug-likeness (QED) is 0.726. The molecule has 2 N–H and O–H groups in total. The Labute approximate surface area is 81.3 Å². The predicted octanol–water partition coefficient (Wildman–Crippen LogP) is 0.331. The van der Waals surface area contributed by atoms with Gasteiger partial charge in [0.15, 0.2) is 5.82 Å². The van der Waals surface area contributed by atoms with Crippen LogP contribution in [-0.2, 0) is 11.3 Å². The molecule has 1 aromatic heterocycles. The number of hydrogen-bond acceptors (Lipinski definition) is 5. The van der Waals surface area contributed by atoms with E-state index in [9.17, 15) is 4.79 Å². The SMILES string of the molecule is Cc1nc(CNC(C)(C)C(=O)O)no1. The van der Waals surface area contributed by atoms with E-state index in [1.807, 2.05) is 0 Å². The third kappa shape index (κ3) is 2.53. The van der Waals surface area contributed by atoms with Crippen LogP contribution in [0, 0.1) is 6.92 Å². The van der Waals surface area contributed by atoms with Crippen molar-refractivity contribution in [2.45, 2.75) is 32.9 Å². The van der Waals surface area contributed by atoms with Crippen LogP contribution in [0.5, 0.6) is 0 Å². The molecule has 0 aliphatic carbocycles. The van der Waals surface area contributed by atoms with E-state index in [0.717, 1.165) is 0 Å². The molecule has 0 bridgehead atoms. The molecular formula is C8H13N3O3. The Bertz CT molecular complexity index is 332. The van der Waals surface area contributed by atoms with E-state index < -0.39 is 11.5 Å². The molecule has 0 saturated heterocycles. The number of rotatable bonds is 4. The van der Waals surface area contributed by atoms with Crippen LogP contribution in [0.4, 0.5) is 0 Å². The van der Waals surface area contributed by atoms with Crippen molar-refractivity contribution < 1.29 is 14.4 Å². The van der Waals surface area contributed by atoms with Crippen molar-refractivity contribution in [1.29, 1.82) is 0 Å². The number of carbonyl (C=O) groups is 1. The molecule has 78 valence electrons. The molecule has 14 heavy (non-hydrogen) atoms. The summed E-state index contributed by atoms with van der Waals surface area (Å²) in [6.07, 6.45) is 0. The van der Waals surface area contributed by atoms with Crippen molar-refractivity contribution in [2.24, 2.45) is 0 Å². The van der Waals surface area contributed by atoms with Gasteiger partial charge in [0.1, 0.15) is 5.54 Å². The fraction of sp³-hybridized carbons (Fsp3) is 0.625. The number of nitrogens with zero attached hydrogens (tertiary/aromatic N) is 2. The highest BCUT2D eigenvalue weighted by atomic mass is 16.5. The van der Waals surface area contributed by atoms with Gasteiger partial charge in [-0.1, -0.05) is 5.16 Å². The van der Waals surface area contributed by atoms with Gasteiger partial charge in [0.2, 0.25) is 5.89 Å². The minimum Gasteiger partial charge on any atom is -0.480 e. The highest BCUT2D eigenvalue weighted by molar-refractivity contribution is 5.77. The van der Waals surface area contributed by atoms with Crippen LogP contribution in [0.1, 0.15) is 25.6 Å². The summed E-state index contributed by atoms with van der Waals surface area (Å²) in [4.78, 5) is 14.7. The molecule has 0 spiro atoms. The molecule has 0 aromatic carbocycles. The molecule has 0 radical (unpaired) electrons. The van der Waals surface area contributed by atoms with Crippen LogP contribution >= 0.6 is 0 Å². The van der Waals surface area contributed by atoms with Gasteiger partial charge in [0.05, 0.1) is 6.54 Å². The molecule has 0 unspecified atom stereocenters. The molecule has 0 fully saturated rings. The van der Waals surface area contributed by atoms with Crippen molar-refractivity contribution in [1.82, 2.24) is 15.5 Å². The maximum Gasteiger partial charge on any atom is 0.323 e. The molecule has 0 aliphatic rings. The van der Waals surface area contributed by atoms with E-state index in [4.69, 9.17) is 9.63 Å².